The SMILES string of the molecule is CN/C=C\C(N)c1ccc(-c2ccc(-c3ccccc3)cc2)cc1. The summed E-state index contributed by atoms with van der Waals surface area (Å²) in [5.74, 6) is 0. The van der Waals surface area contributed by atoms with Gasteiger partial charge in [0.1, 0.15) is 0 Å². The Bertz CT molecular complexity index is 788. The highest BCUT2D eigenvalue weighted by Crippen LogP contribution is 2.25. The van der Waals surface area contributed by atoms with Crippen molar-refractivity contribution in [3.05, 3.63) is 96.7 Å². The lowest BCUT2D eigenvalue weighted by Crippen LogP contribution is -2.08. The van der Waals surface area contributed by atoms with Crippen LogP contribution in [0.5, 0.6) is 0 Å². The molecule has 3 N–H and O–H groups in total. The average molecular weight is 314 g/mol. The third kappa shape index (κ3) is 3.73. The van der Waals surface area contributed by atoms with Gasteiger partial charge >= 0.3 is 0 Å². The Balaban J connectivity index is 1.78. The molecule has 3 rings (SSSR count). The van der Waals surface area contributed by atoms with Gasteiger partial charge in [0.05, 0.1) is 0 Å². The molecule has 1 atom stereocenters. The van der Waals surface area contributed by atoms with Gasteiger partial charge in [-0.3, -0.25) is 0 Å². The van der Waals surface area contributed by atoms with Gasteiger partial charge in [0, 0.05) is 13.1 Å². The summed E-state index contributed by atoms with van der Waals surface area (Å²) in [6.07, 6.45) is 3.81. The van der Waals surface area contributed by atoms with Crippen LogP contribution in [0.4, 0.5) is 0 Å². The van der Waals surface area contributed by atoms with Crippen LogP contribution >= 0.6 is 0 Å². The van der Waals surface area contributed by atoms with Crippen molar-refractivity contribution in [1.82, 2.24) is 5.32 Å². The normalized spacial score (nSPS) is 12.2. The van der Waals surface area contributed by atoms with Crippen LogP contribution in [0, 0.1) is 0 Å². The summed E-state index contributed by atoms with van der Waals surface area (Å²) in [5, 5.41) is 2.96. The Morgan fingerprint density at radius 3 is 1.67 bits per heavy atom. The number of hydrogen-bond acceptors (Lipinski definition) is 2. The number of nitrogens with one attached hydrogen (secondary N) is 1. The molecule has 0 aromatic heterocycles. The largest absolute Gasteiger partial charge is 0.394 e. The Hall–Kier alpha value is -2.84. The Morgan fingerprint density at radius 1 is 0.708 bits per heavy atom. The first-order chi connectivity index (χ1) is 11.8. The highest BCUT2D eigenvalue weighted by molar-refractivity contribution is 5.70. The molecule has 0 amide bonds. The molecular weight excluding hydrogens is 292 g/mol. The highest BCUT2D eigenvalue weighted by atomic mass is 14.8. The van der Waals surface area contributed by atoms with Gasteiger partial charge in [0.15, 0.2) is 0 Å². The molecule has 0 saturated carbocycles. The van der Waals surface area contributed by atoms with E-state index in [4.69, 9.17) is 5.73 Å². The zero-order chi connectivity index (χ0) is 16.8. The molecule has 0 radical (unpaired) electrons. The van der Waals surface area contributed by atoms with Crippen LogP contribution in [0.1, 0.15) is 11.6 Å². The van der Waals surface area contributed by atoms with E-state index in [0.29, 0.717) is 0 Å². The summed E-state index contributed by atoms with van der Waals surface area (Å²) in [4.78, 5) is 0. The van der Waals surface area contributed by atoms with Gasteiger partial charge in [-0.15, -0.1) is 0 Å². The van der Waals surface area contributed by atoms with Crippen LogP contribution < -0.4 is 11.1 Å². The van der Waals surface area contributed by atoms with Crippen molar-refractivity contribution in [2.24, 2.45) is 5.73 Å². The Labute approximate surface area is 143 Å². The van der Waals surface area contributed by atoms with E-state index in [1.165, 1.54) is 22.3 Å². The first-order valence-corrected chi connectivity index (χ1v) is 8.13. The number of benzene rings is 3. The lowest BCUT2D eigenvalue weighted by atomic mass is 9.98. The second-order valence-corrected chi connectivity index (χ2v) is 5.74. The van der Waals surface area contributed by atoms with Crippen LogP contribution in [0.25, 0.3) is 22.3 Å². The van der Waals surface area contributed by atoms with E-state index in [9.17, 15) is 0 Å². The third-order valence-corrected chi connectivity index (χ3v) is 4.09. The topological polar surface area (TPSA) is 38.0 Å². The lowest BCUT2D eigenvalue weighted by molar-refractivity contribution is 0.896. The molecule has 3 aromatic carbocycles. The van der Waals surface area contributed by atoms with Crippen molar-refractivity contribution >= 4 is 0 Å². The van der Waals surface area contributed by atoms with Crippen LogP contribution in [0.3, 0.4) is 0 Å². The molecular formula is C22H22N2. The van der Waals surface area contributed by atoms with Crippen molar-refractivity contribution in [2.45, 2.75) is 6.04 Å². The molecule has 24 heavy (non-hydrogen) atoms. The van der Waals surface area contributed by atoms with Crippen LogP contribution in [-0.2, 0) is 0 Å². The van der Waals surface area contributed by atoms with E-state index < -0.39 is 0 Å². The van der Waals surface area contributed by atoms with Crippen LogP contribution in [0.2, 0.25) is 0 Å². The summed E-state index contributed by atoms with van der Waals surface area (Å²) in [6.45, 7) is 0. The molecule has 0 bridgehead atoms. The maximum absolute atomic E-state index is 6.13. The van der Waals surface area contributed by atoms with Crippen molar-refractivity contribution in [2.75, 3.05) is 7.05 Å². The number of hydrogen-bond donors (Lipinski definition) is 2. The van der Waals surface area contributed by atoms with E-state index in [1.54, 1.807) is 0 Å². The van der Waals surface area contributed by atoms with Crippen molar-refractivity contribution in [3.63, 3.8) is 0 Å². The fourth-order valence-corrected chi connectivity index (χ4v) is 2.69. The van der Waals surface area contributed by atoms with Crippen molar-refractivity contribution in [1.29, 1.82) is 0 Å². The van der Waals surface area contributed by atoms with E-state index in [-0.39, 0.29) is 6.04 Å². The average Bonchev–Trinajstić information content (AvgIpc) is 2.67. The van der Waals surface area contributed by atoms with Gasteiger partial charge in [0.2, 0.25) is 0 Å². The van der Waals surface area contributed by atoms with Gasteiger partial charge in [-0.1, -0.05) is 78.9 Å². The maximum atomic E-state index is 6.13. The second-order valence-electron chi connectivity index (χ2n) is 5.74. The third-order valence-electron chi connectivity index (χ3n) is 4.09. The van der Waals surface area contributed by atoms with E-state index >= 15 is 0 Å². The standard InChI is InChI=1S/C22H22N2/c1-24-16-15-22(23)21-13-11-20(12-14-21)19-9-7-18(8-10-19)17-5-3-2-4-6-17/h2-16,22,24H,23H2,1H3/b16-15-. The quantitative estimate of drug-likeness (QED) is 0.713. The molecule has 0 heterocycles. The molecule has 0 saturated heterocycles. The fourth-order valence-electron chi connectivity index (χ4n) is 2.69. The summed E-state index contributed by atoms with van der Waals surface area (Å²) in [7, 11) is 1.87. The number of rotatable bonds is 5. The maximum Gasteiger partial charge on any atom is 0.0498 e. The molecule has 0 aliphatic carbocycles. The van der Waals surface area contributed by atoms with Gasteiger partial charge < -0.3 is 11.1 Å². The Kier molecular flexibility index (Phi) is 5.09. The summed E-state index contributed by atoms with van der Waals surface area (Å²) < 4.78 is 0. The smallest absolute Gasteiger partial charge is 0.0498 e. The molecule has 0 aliphatic heterocycles. The molecule has 0 aliphatic rings. The van der Waals surface area contributed by atoms with Gasteiger partial charge in [-0.05, 0) is 40.1 Å². The minimum atomic E-state index is -0.0908. The summed E-state index contributed by atoms with van der Waals surface area (Å²) in [5.41, 5.74) is 12.1. The van der Waals surface area contributed by atoms with Crippen LogP contribution in [-0.4, -0.2) is 7.05 Å². The first kappa shape index (κ1) is 16.0. The van der Waals surface area contributed by atoms with Crippen molar-refractivity contribution in [3.8, 4) is 22.3 Å². The number of nitrogens with two attached hydrogens (primary N) is 1. The molecule has 2 nitrogen and oxygen atoms in total. The zero-order valence-corrected chi connectivity index (χ0v) is 13.8. The Morgan fingerprint density at radius 2 is 1.17 bits per heavy atom. The summed E-state index contributed by atoms with van der Waals surface area (Å²) in [6, 6.07) is 27.4. The van der Waals surface area contributed by atoms with E-state index in [1.807, 2.05) is 25.4 Å². The molecule has 3 aromatic rings. The molecule has 1 unspecified atom stereocenters. The molecule has 0 fully saturated rings. The van der Waals surface area contributed by atoms with E-state index in [2.05, 4.69) is 78.1 Å². The highest BCUT2D eigenvalue weighted by Gasteiger charge is 2.04. The summed E-state index contributed by atoms with van der Waals surface area (Å²) >= 11 is 0. The van der Waals surface area contributed by atoms with Gasteiger partial charge in [-0.2, -0.15) is 0 Å². The minimum absolute atomic E-state index is 0.0908. The minimum Gasteiger partial charge on any atom is -0.394 e. The molecule has 0 spiro atoms. The molecule has 120 valence electrons. The predicted octanol–water partition coefficient (Wildman–Crippen LogP) is 4.75. The zero-order valence-electron chi connectivity index (χ0n) is 13.8. The lowest BCUT2D eigenvalue weighted by Gasteiger charge is -2.09. The van der Waals surface area contributed by atoms with Crippen molar-refractivity contribution < 1.29 is 0 Å². The van der Waals surface area contributed by atoms with Gasteiger partial charge in [0.25, 0.3) is 0 Å². The van der Waals surface area contributed by atoms with Crippen LogP contribution in [0.15, 0.2) is 91.1 Å². The predicted molar refractivity (Wildman–Crippen MR) is 102 cm³/mol. The molecule has 2 heteroatoms. The first-order valence-electron chi connectivity index (χ1n) is 8.13. The van der Waals surface area contributed by atoms with E-state index in [0.717, 1.165) is 5.56 Å². The second kappa shape index (κ2) is 7.62. The monoisotopic (exact) mass is 314 g/mol. The fraction of sp³-hybridized carbons (Fsp3) is 0.0909. The van der Waals surface area contributed by atoms with Gasteiger partial charge in [-0.25, -0.2) is 0 Å².